The molecule has 190 valence electrons. The van der Waals surface area contributed by atoms with Crippen LogP contribution in [0.4, 0.5) is 0 Å². The number of carbonyl (C=O) groups is 1. The number of hydrogen-bond donors (Lipinski definition) is 0. The highest BCUT2D eigenvalue weighted by atomic mass is 28.4. The van der Waals surface area contributed by atoms with E-state index in [0.717, 1.165) is 12.1 Å². The van der Waals surface area contributed by atoms with Crippen molar-refractivity contribution < 1.29 is 9.22 Å². The van der Waals surface area contributed by atoms with Gasteiger partial charge in [-0.3, -0.25) is 0 Å². The van der Waals surface area contributed by atoms with E-state index in [-0.39, 0.29) is 5.97 Å². The standard InChI is InChI=1S/C29H58O2Si/c1-6-8-10-12-14-16-18-20-22-24-26-32(5,31-29(30)28(3)4)27-25-23-21-19-17-15-13-11-9-7-2/h3,6-27H2,1-2,4-5H3. The summed E-state index contributed by atoms with van der Waals surface area (Å²) in [7, 11) is -1.97. The van der Waals surface area contributed by atoms with Crippen molar-refractivity contribution >= 4 is 14.3 Å². The number of rotatable bonds is 24. The van der Waals surface area contributed by atoms with Gasteiger partial charge in [-0.1, -0.05) is 149 Å². The Bertz CT molecular complexity index is 422. The molecule has 0 atom stereocenters. The summed E-state index contributed by atoms with van der Waals surface area (Å²) in [4.78, 5) is 12.2. The SMILES string of the molecule is C=C(C)C(=O)O[Si](C)(CCCCCCCCCCCC)CCCCCCCCCCCC. The van der Waals surface area contributed by atoms with Crippen LogP contribution in [0, 0.1) is 0 Å². The normalized spacial score (nSPS) is 11.6. The third-order valence-corrected chi connectivity index (χ3v) is 10.3. The van der Waals surface area contributed by atoms with Crippen molar-refractivity contribution in [2.45, 2.75) is 168 Å². The summed E-state index contributed by atoms with van der Waals surface area (Å²) < 4.78 is 6.07. The zero-order chi connectivity index (χ0) is 23.9. The second-order valence-electron chi connectivity index (χ2n) is 10.5. The Balaban J connectivity index is 4.02. The van der Waals surface area contributed by atoms with Gasteiger partial charge in [0.2, 0.25) is 0 Å². The molecule has 0 bridgehead atoms. The highest BCUT2D eigenvalue weighted by Gasteiger charge is 2.32. The maximum atomic E-state index is 12.2. The Kier molecular flexibility index (Phi) is 21.8. The molecule has 0 N–H and O–H groups in total. The van der Waals surface area contributed by atoms with E-state index in [0.29, 0.717) is 5.57 Å². The Morgan fingerprint density at radius 3 is 1.16 bits per heavy atom. The van der Waals surface area contributed by atoms with Crippen LogP contribution in [0.2, 0.25) is 18.6 Å². The van der Waals surface area contributed by atoms with Gasteiger partial charge in [0.05, 0.1) is 0 Å². The number of unbranched alkanes of at least 4 members (excludes halogenated alkanes) is 18. The molecule has 0 amide bonds. The fourth-order valence-electron chi connectivity index (χ4n) is 4.51. The van der Waals surface area contributed by atoms with E-state index in [4.69, 9.17) is 4.43 Å². The largest absolute Gasteiger partial charge is 0.516 e. The summed E-state index contributed by atoms with van der Waals surface area (Å²) >= 11 is 0. The van der Waals surface area contributed by atoms with Crippen LogP contribution in [0.5, 0.6) is 0 Å². The van der Waals surface area contributed by atoms with Crippen LogP contribution in [-0.4, -0.2) is 14.3 Å². The molecule has 0 aliphatic carbocycles. The van der Waals surface area contributed by atoms with E-state index in [2.05, 4.69) is 27.0 Å². The molecule has 0 rings (SSSR count). The monoisotopic (exact) mass is 466 g/mol. The van der Waals surface area contributed by atoms with Gasteiger partial charge in [0.15, 0.2) is 0 Å². The minimum Gasteiger partial charge on any atom is -0.516 e. The maximum Gasteiger partial charge on any atom is 0.319 e. The van der Waals surface area contributed by atoms with Gasteiger partial charge in [-0.15, -0.1) is 0 Å². The van der Waals surface area contributed by atoms with Crippen molar-refractivity contribution in [2.75, 3.05) is 0 Å². The third-order valence-electron chi connectivity index (χ3n) is 6.81. The molecule has 32 heavy (non-hydrogen) atoms. The molecule has 0 saturated heterocycles. The quantitative estimate of drug-likeness (QED) is 0.0803. The fraction of sp³-hybridized carbons (Fsp3) is 0.897. The first kappa shape index (κ1) is 31.4. The Labute approximate surface area is 203 Å². The molecule has 0 fully saturated rings. The van der Waals surface area contributed by atoms with Crippen molar-refractivity contribution in [2.24, 2.45) is 0 Å². The molecule has 3 heteroatoms. The van der Waals surface area contributed by atoms with Crippen molar-refractivity contribution in [3.05, 3.63) is 12.2 Å². The molecule has 0 aromatic heterocycles. The Morgan fingerprint density at radius 2 is 0.875 bits per heavy atom. The molecule has 0 heterocycles. The van der Waals surface area contributed by atoms with Gasteiger partial charge in [-0.25, -0.2) is 4.79 Å². The predicted molar refractivity (Wildman–Crippen MR) is 146 cm³/mol. The van der Waals surface area contributed by atoms with E-state index in [9.17, 15) is 4.79 Å². The second-order valence-corrected chi connectivity index (χ2v) is 14.6. The summed E-state index contributed by atoms with van der Waals surface area (Å²) in [5, 5.41) is 0. The lowest BCUT2D eigenvalue weighted by molar-refractivity contribution is -0.130. The smallest absolute Gasteiger partial charge is 0.319 e. The van der Waals surface area contributed by atoms with E-state index < -0.39 is 8.32 Å². The van der Waals surface area contributed by atoms with Gasteiger partial charge in [0.25, 0.3) is 8.32 Å². The molecule has 0 aromatic carbocycles. The lowest BCUT2D eigenvalue weighted by Gasteiger charge is -2.27. The van der Waals surface area contributed by atoms with E-state index in [1.165, 1.54) is 128 Å². The van der Waals surface area contributed by atoms with Crippen LogP contribution in [0.1, 0.15) is 149 Å². The number of carbonyl (C=O) groups excluding carboxylic acids is 1. The molecule has 0 aromatic rings. The van der Waals surface area contributed by atoms with Crippen LogP contribution in [-0.2, 0) is 9.22 Å². The predicted octanol–water partition coefficient (Wildman–Crippen LogP) is 10.5. The summed E-state index contributed by atoms with van der Waals surface area (Å²) in [6.45, 7) is 12.4. The first-order valence-electron chi connectivity index (χ1n) is 14.3. The maximum absolute atomic E-state index is 12.2. The molecule has 0 aliphatic rings. The van der Waals surface area contributed by atoms with Crippen LogP contribution in [0.25, 0.3) is 0 Å². The molecule has 0 aliphatic heterocycles. The van der Waals surface area contributed by atoms with Crippen LogP contribution in [0.15, 0.2) is 12.2 Å². The lowest BCUT2D eigenvalue weighted by Crippen LogP contribution is -2.37. The van der Waals surface area contributed by atoms with Crippen LogP contribution >= 0.6 is 0 Å². The van der Waals surface area contributed by atoms with Gasteiger partial charge in [-0.2, -0.15) is 0 Å². The summed E-state index contributed by atoms with van der Waals surface area (Å²) in [6.07, 6.45) is 27.1. The Hall–Kier alpha value is -0.573. The van der Waals surface area contributed by atoms with Crippen molar-refractivity contribution in [1.29, 1.82) is 0 Å². The number of hydrogen-bond acceptors (Lipinski definition) is 2. The van der Waals surface area contributed by atoms with E-state index >= 15 is 0 Å². The topological polar surface area (TPSA) is 26.3 Å². The van der Waals surface area contributed by atoms with Crippen molar-refractivity contribution in [3.63, 3.8) is 0 Å². The van der Waals surface area contributed by atoms with Gasteiger partial charge >= 0.3 is 5.97 Å². The average Bonchev–Trinajstić information content (AvgIpc) is 2.76. The molecule has 0 unspecified atom stereocenters. The van der Waals surface area contributed by atoms with Crippen molar-refractivity contribution in [1.82, 2.24) is 0 Å². The third kappa shape index (κ3) is 20.1. The minimum absolute atomic E-state index is 0.154. The van der Waals surface area contributed by atoms with Crippen LogP contribution < -0.4 is 0 Å². The summed E-state index contributed by atoms with van der Waals surface area (Å²) in [5.74, 6) is -0.154. The van der Waals surface area contributed by atoms with Gasteiger partial charge in [0, 0.05) is 5.57 Å². The second kappa shape index (κ2) is 22.2. The molecular formula is C29H58O2Si. The average molecular weight is 467 g/mol. The zero-order valence-corrected chi connectivity index (χ0v) is 23.6. The highest BCUT2D eigenvalue weighted by Crippen LogP contribution is 2.26. The van der Waals surface area contributed by atoms with Crippen LogP contribution in [0.3, 0.4) is 0 Å². The molecule has 0 spiro atoms. The minimum atomic E-state index is -1.97. The summed E-state index contributed by atoms with van der Waals surface area (Å²) in [6, 6.07) is 2.25. The van der Waals surface area contributed by atoms with Crippen molar-refractivity contribution in [3.8, 4) is 0 Å². The molecular weight excluding hydrogens is 408 g/mol. The Morgan fingerprint density at radius 1 is 0.594 bits per heavy atom. The van der Waals surface area contributed by atoms with Gasteiger partial charge in [0.1, 0.15) is 0 Å². The van der Waals surface area contributed by atoms with Gasteiger partial charge in [-0.05, 0) is 25.6 Å². The summed E-state index contributed by atoms with van der Waals surface area (Å²) in [5.41, 5.74) is 0.551. The lowest BCUT2D eigenvalue weighted by atomic mass is 10.1. The fourth-order valence-corrected chi connectivity index (χ4v) is 7.58. The first-order valence-corrected chi connectivity index (χ1v) is 17.2. The van der Waals surface area contributed by atoms with E-state index in [1.807, 2.05) is 0 Å². The molecule has 2 nitrogen and oxygen atoms in total. The highest BCUT2D eigenvalue weighted by molar-refractivity contribution is 6.74. The molecule has 0 saturated carbocycles. The first-order chi connectivity index (χ1) is 15.4. The molecule has 0 radical (unpaired) electrons. The van der Waals surface area contributed by atoms with Gasteiger partial charge < -0.3 is 4.43 Å². The van der Waals surface area contributed by atoms with E-state index in [1.54, 1.807) is 6.92 Å². The zero-order valence-electron chi connectivity index (χ0n) is 22.6.